The minimum Gasteiger partial charge on any atom is -0.0623 e. The van der Waals surface area contributed by atoms with Gasteiger partial charge in [-0.05, 0) is 44.0 Å². The summed E-state index contributed by atoms with van der Waals surface area (Å²) in [4.78, 5) is 0. The third kappa shape index (κ3) is 3.77. The van der Waals surface area contributed by atoms with Crippen molar-refractivity contribution in [3.8, 4) is 11.1 Å². The predicted molar refractivity (Wildman–Crippen MR) is 143 cm³/mol. The molecule has 2 heteroatoms. The fraction of sp³-hybridized carbons (Fsp3) is 0. The number of hydrogen-bond donors (Lipinski definition) is 0. The number of benzene rings is 5. The maximum absolute atomic E-state index is 8.55. The SMILES string of the molecule is [2H]c1c([2H])c([2H])c(-c2cccc([Si](c3ccccc3)(c3ccccc3)c3cccc(Br)c3)c2)c([2H])c1[2H]. The van der Waals surface area contributed by atoms with E-state index in [-0.39, 0.29) is 35.8 Å². The minimum atomic E-state index is -2.85. The Morgan fingerprint density at radius 3 is 1.62 bits per heavy atom. The topological polar surface area (TPSA) is 0 Å². The highest BCUT2D eigenvalue weighted by Crippen LogP contribution is 2.20. The molecular formula is C30H23BrSi. The molecule has 0 amide bonds. The van der Waals surface area contributed by atoms with Crippen LogP contribution in [0.25, 0.3) is 11.1 Å². The molecule has 0 atom stereocenters. The molecule has 5 aromatic rings. The molecule has 0 aliphatic rings. The van der Waals surface area contributed by atoms with Gasteiger partial charge in [0, 0.05) is 4.47 Å². The largest absolute Gasteiger partial charge is 0.179 e. The number of halogens is 1. The van der Waals surface area contributed by atoms with Crippen molar-refractivity contribution in [1.29, 1.82) is 0 Å². The molecule has 5 rings (SSSR count). The van der Waals surface area contributed by atoms with Gasteiger partial charge < -0.3 is 0 Å². The van der Waals surface area contributed by atoms with Crippen molar-refractivity contribution < 1.29 is 6.85 Å². The summed E-state index contributed by atoms with van der Waals surface area (Å²) in [5.41, 5.74) is 0.819. The molecule has 0 aromatic heterocycles. The normalized spacial score (nSPS) is 13.5. The molecule has 0 bridgehead atoms. The highest BCUT2D eigenvalue weighted by atomic mass is 79.9. The molecule has 0 unspecified atom stereocenters. The fourth-order valence-corrected chi connectivity index (χ4v) is 9.83. The Hall–Kier alpha value is -3.20. The van der Waals surface area contributed by atoms with Crippen LogP contribution in [0.2, 0.25) is 0 Å². The molecule has 0 N–H and O–H groups in total. The van der Waals surface area contributed by atoms with E-state index in [9.17, 15) is 0 Å². The minimum absolute atomic E-state index is 0.197. The zero-order chi connectivity index (χ0) is 26.2. The van der Waals surface area contributed by atoms with Crippen molar-refractivity contribution in [1.82, 2.24) is 0 Å². The molecule has 32 heavy (non-hydrogen) atoms. The summed E-state index contributed by atoms with van der Waals surface area (Å²) in [5, 5.41) is 4.62. The van der Waals surface area contributed by atoms with Gasteiger partial charge in [0.15, 0.2) is 8.07 Å². The van der Waals surface area contributed by atoms with Crippen LogP contribution in [-0.4, -0.2) is 8.07 Å². The van der Waals surface area contributed by atoms with Gasteiger partial charge in [-0.3, -0.25) is 0 Å². The van der Waals surface area contributed by atoms with Crippen LogP contribution in [0, 0.1) is 0 Å². The first-order chi connectivity index (χ1) is 17.9. The first-order valence-electron chi connectivity index (χ1n) is 12.9. The van der Waals surface area contributed by atoms with Crippen molar-refractivity contribution in [3.63, 3.8) is 0 Å². The average Bonchev–Trinajstić information content (AvgIpc) is 2.93. The van der Waals surface area contributed by atoms with Gasteiger partial charge in [0.25, 0.3) is 0 Å². The van der Waals surface area contributed by atoms with E-state index in [2.05, 4.69) is 82.7 Å². The smallest absolute Gasteiger partial charge is 0.0623 e. The summed E-state index contributed by atoms with van der Waals surface area (Å²) in [6, 6.07) is 35.7. The van der Waals surface area contributed by atoms with Gasteiger partial charge in [-0.2, -0.15) is 0 Å². The van der Waals surface area contributed by atoms with Crippen molar-refractivity contribution in [2.45, 2.75) is 0 Å². The summed E-state index contributed by atoms with van der Waals surface area (Å²) in [5.74, 6) is 0. The summed E-state index contributed by atoms with van der Waals surface area (Å²) in [6.07, 6.45) is 0. The average molecular weight is 497 g/mol. The van der Waals surface area contributed by atoms with Crippen LogP contribution >= 0.6 is 15.9 Å². The van der Waals surface area contributed by atoms with E-state index in [1.807, 2.05) is 42.5 Å². The summed E-state index contributed by atoms with van der Waals surface area (Å²) in [6.45, 7) is 0. The van der Waals surface area contributed by atoms with E-state index in [0.717, 1.165) is 9.66 Å². The predicted octanol–water partition coefficient (Wildman–Crippen LogP) is 5.49. The summed E-state index contributed by atoms with van der Waals surface area (Å²) >= 11 is 3.68. The Labute approximate surface area is 206 Å². The third-order valence-corrected chi connectivity index (χ3v) is 11.0. The van der Waals surface area contributed by atoms with Gasteiger partial charge >= 0.3 is 0 Å². The van der Waals surface area contributed by atoms with Crippen molar-refractivity contribution in [2.75, 3.05) is 0 Å². The molecule has 0 radical (unpaired) electrons. The van der Waals surface area contributed by atoms with Crippen LogP contribution in [0.15, 0.2) is 144 Å². The van der Waals surface area contributed by atoms with Crippen molar-refractivity contribution in [3.05, 3.63) is 144 Å². The zero-order valence-electron chi connectivity index (χ0n) is 22.3. The van der Waals surface area contributed by atoms with E-state index in [0.29, 0.717) is 5.56 Å². The molecule has 0 fully saturated rings. The molecule has 0 heterocycles. The molecule has 0 nitrogen and oxygen atoms in total. The van der Waals surface area contributed by atoms with Crippen molar-refractivity contribution >= 4 is 44.8 Å². The second kappa shape index (κ2) is 9.11. The molecule has 5 aromatic carbocycles. The first kappa shape index (κ1) is 15.6. The fourth-order valence-electron chi connectivity index (χ4n) is 4.40. The standard InChI is InChI=1S/C30H23BrSi/c31-26-15-11-21-30(23-26)32(27-16-6-2-7-17-27,28-18-8-3-9-19-28)29-20-10-14-25(22-29)24-12-4-1-5-13-24/h1-23H/i1D,4D,5D,12D,13D. The van der Waals surface area contributed by atoms with Crippen LogP contribution in [0.4, 0.5) is 0 Å². The van der Waals surface area contributed by atoms with Gasteiger partial charge in [-0.25, -0.2) is 0 Å². The third-order valence-electron chi connectivity index (χ3n) is 5.76. The van der Waals surface area contributed by atoms with Gasteiger partial charge in [0.05, 0.1) is 6.85 Å². The van der Waals surface area contributed by atoms with Crippen LogP contribution in [0.5, 0.6) is 0 Å². The first-order valence-corrected chi connectivity index (χ1v) is 13.2. The Kier molecular flexibility index (Phi) is 4.44. The van der Waals surface area contributed by atoms with Crippen LogP contribution in [0.1, 0.15) is 6.85 Å². The molecule has 154 valence electrons. The Balaban J connectivity index is 1.89. The zero-order valence-corrected chi connectivity index (χ0v) is 19.9. The molecule has 0 aliphatic heterocycles. The number of hydrogen-bond acceptors (Lipinski definition) is 0. The van der Waals surface area contributed by atoms with Crippen LogP contribution in [0.3, 0.4) is 0 Å². The Morgan fingerprint density at radius 2 is 1.03 bits per heavy atom. The lowest BCUT2D eigenvalue weighted by atomic mass is 10.1. The molecule has 0 spiro atoms. The highest BCUT2D eigenvalue weighted by Gasteiger charge is 2.41. The van der Waals surface area contributed by atoms with E-state index >= 15 is 0 Å². The lowest BCUT2D eigenvalue weighted by Crippen LogP contribution is -2.74. The van der Waals surface area contributed by atoms with Crippen LogP contribution < -0.4 is 20.7 Å². The van der Waals surface area contributed by atoms with Crippen molar-refractivity contribution in [2.24, 2.45) is 0 Å². The second-order valence-electron chi connectivity index (χ2n) is 7.57. The summed E-state index contributed by atoms with van der Waals surface area (Å²) in [7, 11) is -2.85. The molecule has 0 aliphatic carbocycles. The van der Waals surface area contributed by atoms with E-state index in [1.54, 1.807) is 0 Å². The quantitative estimate of drug-likeness (QED) is 0.223. The van der Waals surface area contributed by atoms with E-state index < -0.39 is 8.07 Å². The van der Waals surface area contributed by atoms with Gasteiger partial charge in [-0.15, -0.1) is 0 Å². The molecule has 0 saturated heterocycles. The molecule has 0 saturated carbocycles. The van der Waals surface area contributed by atoms with Gasteiger partial charge in [0.1, 0.15) is 0 Å². The maximum Gasteiger partial charge on any atom is 0.179 e. The lowest BCUT2D eigenvalue weighted by Gasteiger charge is -2.34. The molecular weight excluding hydrogens is 468 g/mol. The summed E-state index contributed by atoms with van der Waals surface area (Å²) < 4.78 is 42.5. The van der Waals surface area contributed by atoms with Gasteiger partial charge in [-0.1, -0.05) is 143 Å². The van der Waals surface area contributed by atoms with E-state index in [1.165, 1.54) is 15.6 Å². The van der Waals surface area contributed by atoms with E-state index in [4.69, 9.17) is 6.85 Å². The Bertz CT molecular complexity index is 1520. The lowest BCUT2D eigenvalue weighted by molar-refractivity contribution is 1.62. The monoisotopic (exact) mass is 495 g/mol. The highest BCUT2D eigenvalue weighted by molar-refractivity contribution is 9.10. The number of rotatable bonds is 5. The van der Waals surface area contributed by atoms with Gasteiger partial charge in [0.2, 0.25) is 0 Å². The Morgan fingerprint density at radius 1 is 0.500 bits per heavy atom. The maximum atomic E-state index is 8.55. The second-order valence-corrected chi connectivity index (χ2v) is 12.3. The van der Waals surface area contributed by atoms with Crippen LogP contribution in [-0.2, 0) is 0 Å².